The molecule has 0 saturated carbocycles. The molecule has 0 bridgehead atoms. The third-order valence-corrected chi connectivity index (χ3v) is 2.94. The van der Waals surface area contributed by atoms with Crippen molar-refractivity contribution in [3.63, 3.8) is 0 Å². The molecule has 1 saturated heterocycles. The fraction of sp³-hybridized carbons (Fsp3) is 0.462. The van der Waals surface area contributed by atoms with Crippen molar-refractivity contribution >= 4 is 27.5 Å². The monoisotopic (exact) mass is 313 g/mol. The zero-order valence-corrected chi connectivity index (χ0v) is 12.0. The molecule has 1 aliphatic rings. The van der Waals surface area contributed by atoms with Crippen molar-refractivity contribution in [3.8, 4) is 0 Å². The second-order valence-corrected chi connectivity index (χ2v) is 6.61. The zero-order chi connectivity index (χ0) is 13.2. The van der Waals surface area contributed by atoms with Gasteiger partial charge in [-0.1, -0.05) is 28.1 Å². The molecular weight excluding hydrogens is 298 g/mol. The van der Waals surface area contributed by atoms with E-state index in [0.29, 0.717) is 13.2 Å². The van der Waals surface area contributed by atoms with Gasteiger partial charge in [0, 0.05) is 11.3 Å². The number of benzene rings is 1. The normalized spacial score (nSPS) is 16.8. The number of alkyl halides is 1. The Morgan fingerprint density at radius 1 is 1.39 bits per heavy atom. The molecule has 2 rings (SSSR count). The van der Waals surface area contributed by atoms with Crippen LogP contribution in [-0.4, -0.2) is 23.4 Å². The average Bonchev–Trinajstić information content (AvgIpc) is 2.81. The van der Waals surface area contributed by atoms with Gasteiger partial charge in [-0.2, -0.15) is 0 Å². The highest BCUT2D eigenvalue weighted by Crippen LogP contribution is 2.26. The Morgan fingerprint density at radius 3 is 2.67 bits per heavy atom. The number of carbonyl (C=O) groups is 1. The van der Waals surface area contributed by atoms with Gasteiger partial charge in [-0.05, 0) is 26.0 Å². The molecule has 0 radical (unpaired) electrons. The van der Waals surface area contributed by atoms with Crippen molar-refractivity contribution in [1.82, 2.24) is 0 Å². The Kier molecular flexibility index (Phi) is 4.04. The van der Waals surface area contributed by atoms with Gasteiger partial charge >= 0.3 is 0 Å². The zero-order valence-electron chi connectivity index (χ0n) is 10.4. The van der Waals surface area contributed by atoms with Crippen LogP contribution in [0.25, 0.3) is 0 Å². The Bertz CT molecular complexity index is 436. The van der Waals surface area contributed by atoms with Gasteiger partial charge in [-0.25, -0.2) is 0 Å². The van der Waals surface area contributed by atoms with Crippen molar-refractivity contribution < 1.29 is 14.3 Å². The van der Waals surface area contributed by atoms with Crippen LogP contribution >= 0.6 is 15.9 Å². The molecule has 18 heavy (non-hydrogen) atoms. The van der Waals surface area contributed by atoms with Crippen molar-refractivity contribution in [2.75, 3.05) is 18.5 Å². The number of hydrogen-bond acceptors (Lipinski definition) is 3. The third kappa shape index (κ3) is 3.31. The molecule has 0 aliphatic carbocycles. The lowest BCUT2D eigenvalue weighted by Crippen LogP contribution is -2.30. The maximum absolute atomic E-state index is 11.8. The van der Waals surface area contributed by atoms with Crippen LogP contribution in [-0.2, 0) is 14.3 Å². The molecule has 1 heterocycles. The highest BCUT2D eigenvalue weighted by atomic mass is 79.9. The van der Waals surface area contributed by atoms with Crippen LogP contribution in [0.1, 0.15) is 25.7 Å². The molecule has 1 aliphatic heterocycles. The lowest BCUT2D eigenvalue weighted by atomic mass is 10.1. The first kappa shape index (κ1) is 13.5. The minimum absolute atomic E-state index is 0.0899. The van der Waals surface area contributed by atoms with Gasteiger partial charge in [-0.15, -0.1) is 0 Å². The van der Waals surface area contributed by atoms with E-state index in [1.165, 1.54) is 0 Å². The summed E-state index contributed by atoms with van der Waals surface area (Å²) < 4.78 is 10.3. The van der Waals surface area contributed by atoms with Crippen LogP contribution in [0, 0.1) is 0 Å². The van der Waals surface area contributed by atoms with Crippen molar-refractivity contribution in [2.45, 2.75) is 24.5 Å². The minimum atomic E-state index is -0.594. The molecule has 0 aromatic heterocycles. The summed E-state index contributed by atoms with van der Waals surface area (Å²) in [6, 6.07) is 7.50. The van der Waals surface area contributed by atoms with E-state index in [1.54, 1.807) is 13.8 Å². The van der Waals surface area contributed by atoms with Crippen LogP contribution in [0.5, 0.6) is 0 Å². The van der Waals surface area contributed by atoms with Crippen molar-refractivity contribution in [1.29, 1.82) is 0 Å². The predicted octanol–water partition coefficient (Wildman–Crippen LogP) is 2.84. The average molecular weight is 314 g/mol. The molecule has 0 unspecified atom stereocenters. The Balaban J connectivity index is 2.10. The number of amides is 1. The van der Waals surface area contributed by atoms with Gasteiger partial charge in [0.1, 0.15) is 0 Å². The highest BCUT2D eigenvalue weighted by molar-refractivity contribution is 9.10. The van der Waals surface area contributed by atoms with Crippen LogP contribution in [0.2, 0.25) is 0 Å². The summed E-state index contributed by atoms with van der Waals surface area (Å²) >= 11 is 3.32. The first-order valence-electron chi connectivity index (χ1n) is 5.80. The third-order valence-electron chi connectivity index (χ3n) is 2.58. The fourth-order valence-corrected chi connectivity index (χ4v) is 1.69. The first-order chi connectivity index (χ1) is 8.47. The second-order valence-electron chi connectivity index (χ2n) is 4.63. The van der Waals surface area contributed by atoms with Gasteiger partial charge in [0.2, 0.25) is 5.91 Å². The maximum atomic E-state index is 11.8. The Hall–Kier alpha value is -0.910. The number of hydrogen-bond donors (Lipinski definition) is 1. The minimum Gasteiger partial charge on any atom is -0.346 e. The van der Waals surface area contributed by atoms with Crippen molar-refractivity contribution in [2.24, 2.45) is 0 Å². The molecule has 4 nitrogen and oxygen atoms in total. The number of rotatable bonds is 3. The van der Waals surface area contributed by atoms with Crippen LogP contribution in [0.15, 0.2) is 24.3 Å². The maximum Gasteiger partial charge on any atom is 0.240 e. The SMILES string of the molecule is CC(C)(Br)C(=O)Nc1cccc(C2OCCO2)c1. The smallest absolute Gasteiger partial charge is 0.240 e. The molecule has 1 N–H and O–H groups in total. The molecule has 1 aromatic rings. The number of nitrogens with one attached hydrogen (secondary N) is 1. The van der Waals surface area contributed by atoms with Gasteiger partial charge in [0.25, 0.3) is 0 Å². The number of ether oxygens (including phenoxy) is 2. The van der Waals surface area contributed by atoms with Crippen LogP contribution in [0.3, 0.4) is 0 Å². The fourth-order valence-electron chi connectivity index (χ4n) is 1.59. The molecule has 0 spiro atoms. The van der Waals surface area contributed by atoms with E-state index in [0.717, 1.165) is 11.3 Å². The first-order valence-corrected chi connectivity index (χ1v) is 6.59. The molecule has 1 fully saturated rings. The lowest BCUT2D eigenvalue weighted by Gasteiger charge is -2.17. The largest absolute Gasteiger partial charge is 0.346 e. The molecular formula is C13H16BrNO3. The summed E-state index contributed by atoms with van der Waals surface area (Å²) in [5, 5.41) is 2.85. The van der Waals surface area contributed by atoms with E-state index < -0.39 is 4.32 Å². The second kappa shape index (κ2) is 5.38. The van der Waals surface area contributed by atoms with Crippen LogP contribution in [0.4, 0.5) is 5.69 Å². The van der Waals surface area contributed by atoms with Gasteiger partial charge in [-0.3, -0.25) is 4.79 Å². The van der Waals surface area contributed by atoms with Crippen molar-refractivity contribution in [3.05, 3.63) is 29.8 Å². The van der Waals surface area contributed by atoms with E-state index in [1.807, 2.05) is 24.3 Å². The Morgan fingerprint density at radius 2 is 2.06 bits per heavy atom. The van der Waals surface area contributed by atoms with E-state index in [9.17, 15) is 4.79 Å². The number of halogens is 1. The molecule has 98 valence electrons. The topological polar surface area (TPSA) is 47.6 Å². The van der Waals surface area contributed by atoms with E-state index in [-0.39, 0.29) is 12.2 Å². The highest BCUT2D eigenvalue weighted by Gasteiger charge is 2.24. The Labute approximate surface area is 115 Å². The number of carbonyl (C=O) groups excluding carboxylic acids is 1. The number of anilines is 1. The summed E-state index contributed by atoms with van der Waals surface area (Å²) in [7, 11) is 0. The lowest BCUT2D eigenvalue weighted by molar-refractivity contribution is -0.117. The summed E-state index contributed by atoms with van der Waals surface area (Å²) in [4.78, 5) is 11.8. The predicted molar refractivity (Wildman–Crippen MR) is 72.7 cm³/mol. The van der Waals surface area contributed by atoms with Crippen LogP contribution < -0.4 is 5.32 Å². The molecule has 0 atom stereocenters. The van der Waals surface area contributed by atoms with E-state index in [2.05, 4.69) is 21.2 Å². The molecule has 5 heteroatoms. The van der Waals surface area contributed by atoms with Gasteiger partial charge in [0.15, 0.2) is 6.29 Å². The quantitative estimate of drug-likeness (QED) is 0.873. The summed E-state index contributed by atoms with van der Waals surface area (Å²) in [5.74, 6) is -0.0899. The summed E-state index contributed by atoms with van der Waals surface area (Å²) in [5.41, 5.74) is 1.65. The molecule has 1 amide bonds. The van der Waals surface area contributed by atoms with E-state index in [4.69, 9.17) is 9.47 Å². The van der Waals surface area contributed by atoms with E-state index >= 15 is 0 Å². The van der Waals surface area contributed by atoms with Gasteiger partial charge < -0.3 is 14.8 Å². The van der Waals surface area contributed by atoms with Gasteiger partial charge in [0.05, 0.1) is 17.5 Å². The summed E-state index contributed by atoms with van der Waals surface area (Å²) in [6.07, 6.45) is -0.321. The molecule has 1 aromatic carbocycles. The summed E-state index contributed by atoms with van der Waals surface area (Å²) in [6.45, 7) is 4.82. The standard InChI is InChI=1S/C13H16BrNO3/c1-13(2,14)12(16)15-10-5-3-4-9(8-10)11-17-6-7-18-11/h3-5,8,11H,6-7H2,1-2H3,(H,15,16).